The summed E-state index contributed by atoms with van der Waals surface area (Å²) in [4.78, 5) is 23.8. The van der Waals surface area contributed by atoms with Gasteiger partial charge in [-0.05, 0) is 42.5 Å². The summed E-state index contributed by atoms with van der Waals surface area (Å²) in [6, 6.07) is 18.5. The molecule has 1 amide bonds. The van der Waals surface area contributed by atoms with Gasteiger partial charge in [0.1, 0.15) is 17.6 Å². The largest absolute Gasteiger partial charge is 0.497 e. The second kappa shape index (κ2) is 8.29. The zero-order valence-corrected chi connectivity index (χ0v) is 17.9. The van der Waals surface area contributed by atoms with E-state index < -0.39 is 6.17 Å². The van der Waals surface area contributed by atoms with Gasteiger partial charge in [0.15, 0.2) is 10.8 Å². The van der Waals surface area contributed by atoms with Crippen LogP contribution in [0.3, 0.4) is 0 Å². The molecular formula is C23H19N5O3S. The van der Waals surface area contributed by atoms with Crippen molar-refractivity contribution in [1.29, 1.82) is 0 Å². The predicted octanol–water partition coefficient (Wildman–Crippen LogP) is 4.55. The minimum Gasteiger partial charge on any atom is -0.497 e. The normalized spacial score (nSPS) is 15.1. The number of ether oxygens (including phenoxy) is 1. The number of thiazole rings is 1. The topological polar surface area (TPSA) is 106 Å². The van der Waals surface area contributed by atoms with Crippen molar-refractivity contribution >= 4 is 40.3 Å². The van der Waals surface area contributed by atoms with Gasteiger partial charge in [-0.1, -0.05) is 18.2 Å². The summed E-state index contributed by atoms with van der Waals surface area (Å²) in [5.74, 6) is 1.38. The number of hydrogen-bond donors (Lipinski definition) is 2. The zero-order chi connectivity index (χ0) is 22.1. The van der Waals surface area contributed by atoms with Gasteiger partial charge in [-0.25, -0.2) is 4.98 Å². The van der Waals surface area contributed by atoms with Crippen LogP contribution in [0.4, 0.5) is 17.3 Å². The molecule has 32 heavy (non-hydrogen) atoms. The number of carbonyl (C=O) groups is 1. The van der Waals surface area contributed by atoms with Gasteiger partial charge in [-0.3, -0.25) is 4.79 Å². The summed E-state index contributed by atoms with van der Waals surface area (Å²) in [6.45, 7) is 0. The molecule has 3 N–H and O–H groups in total. The van der Waals surface area contributed by atoms with Crippen molar-refractivity contribution in [2.45, 2.75) is 6.17 Å². The highest BCUT2D eigenvalue weighted by Crippen LogP contribution is 2.38. The monoisotopic (exact) mass is 445 g/mol. The molecule has 0 fully saturated rings. The van der Waals surface area contributed by atoms with Crippen molar-refractivity contribution in [3.8, 4) is 5.75 Å². The first-order valence-corrected chi connectivity index (χ1v) is 10.7. The van der Waals surface area contributed by atoms with Gasteiger partial charge >= 0.3 is 0 Å². The van der Waals surface area contributed by atoms with Gasteiger partial charge in [-0.2, -0.15) is 4.99 Å². The quantitative estimate of drug-likeness (QED) is 0.467. The summed E-state index contributed by atoms with van der Waals surface area (Å²) in [5, 5.41) is 5.10. The first-order chi connectivity index (χ1) is 15.6. The Labute approximate surface area is 188 Å². The van der Waals surface area contributed by atoms with Crippen LogP contribution in [-0.4, -0.2) is 23.8 Å². The van der Waals surface area contributed by atoms with Crippen molar-refractivity contribution in [3.63, 3.8) is 0 Å². The van der Waals surface area contributed by atoms with Gasteiger partial charge in [0.05, 0.1) is 18.9 Å². The number of para-hydroxylation sites is 1. The first kappa shape index (κ1) is 20.0. The van der Waals surface area contributed by atoms with Crippen molar-refractivity contribution < 1.29 is 13.9 Å². The molecule has 1 unspecified atom stereocenters. The lowest BCUT2D eigenvalue weighted by atomic mass is 10.1. The molecule has 0 aliphatic carbocycles. The number of methoxy groups -OCH3 is 1. The fraction of sp³-hybridized carbons (Fsp3) is 0.0870. The molecule has 1 aliphatic heterocycles. The Hall–Kier alpha value is -3.95. The number of nitrogens with zero attached hydrogens (tertiary/aromatic N) is 3. The van der Waals surface area contributed by atoms with Crippen molar-refractivity contribution in [2.75, 3.05) is 17.3 Å². The number of aromatic nitrogens is 1. The molecule has 1 aliphatic rings. The maximum Gasteiger partial charge on any atom is 0.275 e. The van der Waals surface area contributed by atoms with E-state index >= 15 is 0 Å². The highest BCUT2D eigenvalue weighted by molar-refractivity contribution is 7.12. The van der Waals surface area contributed by atoms with E-state index in [9.17, 15) is 4.79 Å². The Bertz CT molecular complexity index is 1280. The Morgan fingerprint density at radius 3 is 2.69 bits per heavy atom. The minimum atomic E-state index is -0.532. The second-order valence-corrected chi connectivity index (χ2v) is 7.85. The average molecular weight is 446 g/mol. The average Bonchev–Trinajstić information content (AvgIpc) is 3.50. The maximum atomic E-state index is 12.7. The van der Waals surface area contributed by atoms with E-state index in [2.05, 4.69) is 15.3 Å². The molecule has 0 saturated heterocycles. The lowest BCUT2D eigenvalue weighted by molar-refractivity contribution is 0.102. The van der Waals surface area contributed by atoms with Gasteiger partial charge in [0.2, 0.25) is 5.88 Å². The zero-order valence-electron chi connectivity index (χ0n) is 17.1. The molecule has 0 saturated carbocycles. The lowest BCUT2D eigenvalue weighted by Crippen LogP contribution is -2.42. The summed E-state index contributed by atoms with van der Waals surface area (Å²) < 4.78 is 10.8. The number of nitrogens with one attached hydrogen (secondary N) is 1. The molecule has 2 aromatic carbocycles. The predicted molar refractivity (Wildman–Crippen MR) is 124 cm³/mol. The number of furan rings is 1. The number of nitrogens with two attached hydrogens (primary N) is 1. The number of carbonyl (C=O) groups excluding carboxylic acids is 1. The molecule has 8 nitrogen and oxygen atoms in total. The molecule has 0 radical (unpaired) electrons. The summed E-state index contributed by atoms with van der Waals surface area (Å²) >= 11 is 1.31. The van der Waals surface area contributed by atoms with E-state index in [-0.39, 0.29) is 5.91 Å². The third kappa shape index (κ3) is 3.64. The third-order valence-electron chi connectivity index (χ3n) is 5.02. The van der Waals surface area contributed by atoms with Crippen molar-refractivity contribution in [3.05, 3.63) is 88.6 Å². The molecule has 4 aromatic rings. The number of amides is 1. The van der Waals surface area contributed by atoms with E-state index in [1.54, 1.807) is 24.8 Å². The number of fused-ring (bicyclic) bond motifs is 1. The Morgan fingerprint density at radius 2 is 1.94 bits per heavy atom. The molecule has 5 rings (SSSR count). The number of amidine groups is 1. The summed E-state index contributed by atoms with van der Waals surface area (Å²) in [5.41, 5.74) is 9.16. The van der Waals surface area contributed by atoms with Crippen LogP contribution in [0.25, 0.3) is 0 Å². The number of hydrogen-bond acceptors (Lipinski definition) is 8. The van der Waals surface area contributed by atoms with E-state index in [0.29, 0.717) is 28.1 Å². The molecule has 160 valence electrons. The number of aliphatic imine (C=N–C) groups is 1. The summed E-state index contributed by atoms with van der Waals surface area (Å²) in [7, 11) is 1.61. The van der Waals surface area contributed by atoms with E-state index in [1.165, 1.54) is 11.3 Å². The summed E-state index contributed by atoms with van der Waals surface area (Å²) in [6.07, 6.45) is 1.03. The highest BCUT2D eigenvalue weighted by Gasteiger charge is 2.33. The van der Waals surface area contributed by atoms with Crippen LogP contribution in [0.2, 0.25) is 0 Å². The molecular weight excluding hydrogens is 426 g/mol. The van der Waals surface area contributed by atoms with Crippen LogP contribution in [0.15, 0.2) is 81.7 Å². The number of benzene rings is 2. The second-order valence-electron chi connectivity index (χ2n) is 6.99. The molecule has 1 atom stereocenters. The van der Waals surface area contributed by atoms with Crippen molar-refractivity contribution in [2.24, 2.45) is 10.7 Å². The maximum absolute atomic E-state index is 12.7. The van der Waals surface area contributed by atoms with Crippen LogP contribution in [0.5, 0.6) is 5.75 Å². The Morgan fingerprint density at radius 1 is 1.16 bits per heavy atom. The Balaban J connectivity index is 1.50. The molecule has 2 aromatic heterocycles. The number of anilines is 2. The van der Waals surface area contributed by atoms with Gasteiger partial charge in [0, 0.05) is 16.8 Å². The lowest BCUT2D eigenvalue weighted by Gasteiger charge is -2.33. The minimum absolute atomic E-state index is 0.296. The fourth-order valence-corrected chi connectivity index (χ4v) is 4.21. The van der Waals surface area contributed by atoms with Gasteiger partial charge in [-0.15, -0.1) is 11.3 Å². The standard InChI is InChI=1S/C23H19N5O3S/c1-30-16-9-7-15(8-10-16)28-19(24)17-11-12-31-22(17)27-20(28)23-26-18(13-32-23)21(29)25-14-5-3-2-4-6-14/h2-13,19H,24H2,1H3,(H,25,29). The Kier molecular flexibility index (Phi) is 5.18. The van der Waals surface area contributed by atoms with Crippen LogP contribution < -0.4 is 20.7 Å². The fourth-order valence-electron chi connectivity index (χ4n) is 3.42. The smallest absolute Gasteiger partial charge is 0.275 e. The van der Waals surface area contributed by atoms with Crippen LogP contribution in [0, 0.1) is 0 Å². The SMILES string of the molecule is COc1ccc(N2C(c3nc(C(=O)Nc4ccccc4)cs3)=Nc3occc3C2N)cc1. The number of rotatable bonds is 5. The molecule has 0 spiro atoms. The van der Waals surface area contributed by atoms with Gasteiger partial charge in [0.25, 0.3) is 5.91 Å². The highest BCUT2D eigenvalue weighted by atomic mass is 32.1. The van der Waals surface area contributed by atoms with Crippen LogP contribution >= 0.6 is 11.3 Å². The van der Waals surface area contributed by atoms with Crippen LogP contribution in [-0.2, 0) is 0 Å². The molecule has 0 bridgehead atoms. The van der Waals surface area contributed by atoms with Crippen molar-refractivity contribution in [1.82, 2.24) is 4.98 Å². The first-order valence-electron chi connectivity index (χ1n) is 9.81. The molecule has 9 heteroatoms. The van der Waals surface area contributed by atoms with Crippen LogP contribution in [0.1, 0.15) is 27.2 Å². The van der Waals surface area contributed by atoms with E-state index in [4.69, 9.17) is 14.9 Å². The van der Waals surface area contributed by atoms with Gasteiger partial charge < -0.3 is 25.1 Å². The van der Waals surface area contributed by atoms with E-state index in [1.807, 2.05) is 59.5 Å². The third-order valence-corrected chi connectivity index (χ3v) is 5.86. The molecule has 3 heterocycles. The van der Waals surface area contributed by atoms with E-state index in [0.717, 1.165) is 17.0 Å².